The van der Waals surface area contributed by atoms with E-state index >= 15 is 0 Å². The number of ether oxygens (including phenoxy) is 1. The van der Waals surface area contributed by atoms with Crippen LogP contribution in [0.3, 0.4) is 0 Å². The van der Waals surface area contributed by atoms with Gasteiger partial charge in [0.1, 0.15) is 17.1 Å². The van der Waals surface area contributed by atoms with E-state index in [2.05, 4.69) is 9.97 Å². The highest BCUT2D eigenvalue weighted by Crippen LogP contribution is 2.31. The third-order valence-corrected chi connectivity index (χ3v) is 3.56. The Balaban J connectivity index is 2.32. The summed E-state index contributed by atoms with van der Waals surface area (Å²) in [6.45, 7) is 1.87. The second kappa shape index (κ2) is 4.80. The summed E-state index contributed by atoms with van der Waals surface area (Å²) in [5.74, 6) is -0.663. The van der Waals surface area contributed by atoms with Crippen molar-refractivity contribution in [3.05, 3.63) is 41.7 Å². The summed E-state index contributed by atoms with van der Waals surface area (Å²) in [6, 6.07) is 2.53. The molecule has 0 N–H and O–H groups in total. The maximum absolute atomic E-state index is 14.0. The van der Waals surface area contributed by atoms with E-state index in [1.54, 1.807) is 26.6 Å². The molecule has 0 amide bonds. The Labute approximate surface area is 120 Å². The highest BCUT2D eigenvalue weighted by Gasteiger charge is 2.18. The molecule has 4 nitrogen and oxygen atoms in total. The zero-order valence-corrected chi connectivity index (χ0v) is 11.8. The highest BCUT2D eigenvalue weighted by atomic mass is 19.2. The molecule has 21 heavy (non-hydrogen) atoms. The summed E-state index contributed by atoms with van der Waals surface area (Å²) >= 11 is 0. The molecule has 2 aromatic heterocycles. The first-order valence-electron chi connectivity index (χ1n) is 6.34. The maximum Gasteiger partial charge on any atom is 0.184 e. The Morgan fingerprint density at radius 2 is 1.95 bits per heavy atom. The number of nitrogens with zero attached hydrogens (tertiary/aromatic N) is 3. The molecule has 0 fully saturated rings. The van der Waals surface area contributed by atoms with Gasteiger partial charge in [-0.15, -0.1) is 0 Å². The lowest BCUT2D eigenvalue weighted by Gasteiger charge is -2.09. The maximum atomic E-state index is 14.0. The van der Waals surface area contributed by atoms with Gasteiger partial charge in [0.15, 0.2) is 11.6 Å². The van der Waals surface area contributed by atoms with E-state index in [0.29, 0.717) is 22.7 Å². The van der Waals surface area contributed by atoms with Crippen molar-refractivity contribution < 1.29 is 13.5 Å². The molecule has 0 spiro atoms. The summed E-state index contributed by atoms with van der Waals surface area (Å²) in [5.41, 5.74) is 2.08. The first-order valence-corrected chi connectivity index (χ1v) is 6.34. The molecule has 0 saturated carbocycles. The molecule has 108 valence electrons. The number of benzene rings is 1. The molecule has 3 rings (SSSR count). The van der Waals surface area contributed by atoms with Crippen LogP contribution >= 0.6 is 0 Å². The number of rotatable bonds is 2. The largest absolute Gasteiger partial charge is 0.495 e. The van der Waals surface area contributed by atoms with Gasteiger partial charge in [-0.2, -0.15) is 0 Å². The fourth-order valence-corrected chi connectivity index (χ4v) is 2.41. The van der Waals surface area contributed by atoms with E-state index < -0.39 is 11.6 Å². The lowest BCUT2D eigenvalue weighted by atomic mass is 10.1. The molecular formula is C15H13F2N3O. The van der Waals surface area contributed by atoms with Crippen LogP contribution in [0, 0.1) is 18.6 Å². The number of pyridine rings is 1. The number of aryl methyl sites for hydroxylation is 1. The number of fused-ring (bicyclic) bond motifs is 1. The fourth-order valence-electron chi connectivity index (χ4n) is 2.41. The van der Waals surface area contributed by atoms with Gasteiger partial charge in [-0.3, -0.25) is 4.98 Å². The molecule has 0 atom stereocenters. The van der Waals surface area contributed by atoms with Crippen LogP contribution in [0.15, 0.2) is 24.5 Å². The molecule has 0 radical (unpaired) electrons. The van der Waals surface area contributed by atoms with Crippen molar-refractivity contribution >= 4 is 11.0 Å². The van der Waals surface area contributed by atoms with Crippen LogP contribution in [0.25, 0.3) is 22.4 Å². The minimum atomic E-state index is -0.901. The van der Waals surface area contributed by atoms with Crippen LogP contribution in [-0.4, -0.2) is 21.6 Å². The second-order valence-corrected chi connectivity index (χ2v) is 4.74. The van der Waals surface area contributed by atoms with E-state index in [9.17, 15) is 8.78 Å². The normalized spacial score (nSPS) is 11.1. The molecule has 0 aliphatic rings. The average molecular weight is 289 g/mol. The van der Waals surface area contributed by atoms with Crippen molar-refractivity contribution in [3.8, 4) is 17.1 Å². The molecule has 0 bridgehead atoms. The third kappa shape index (κ3) is 1.94. The Kier molecular flexibility index (Phi) is 3.08. The number of hydrogen-bond acceptors (Lipinski definition) is 3. The number of halogens is 2. The Morgan fingerprint density at radius 3 is 2.67 bits per heavy atom. The van der Waals surface area contributed by atoms with Crippen molar-refractivity contribution in [2.45, 2.75) is 6.92 Å². The van der Waals surface area contributed by atoms with E-state index in [1.807, 2.05) is 6.92 Å². The fraction of sp³-hybridized carbons (Fsp3) is 0.200. The van der Waals surface area contributed by atoms with Gasteiger partial charge in [0, 0.05) is 24.4 Å². The average Bonchev–Trinajstić information content (AvgIpc) is 2.81. The third-order valence-electron chi connectivity index (χ3n) is 3.56. The second-order valence-electron chi connectivity index (χ2n) is 4.74. The van der Waals surface area contributed by atoms with Gasteiger partial charge in [-0.05, 0) is 19.1 Å². The lowest BCUT2D eigenvalue weighted by molar-refractivity contribution is 0.410. The van der Waals surface area contributed by atoms with Crippen molar-refractivity contribution in [1.29, 1.82) is 0 Å². The van der Waals surface area contributed by atoms with Crippen LogP contribution in [0.4, 0.5) is 8.78 Å². The Morgan fingerprint density at radius 1 is 1.19 bits per heavy atom. The highest BCUT2D eigenvalue weighted by molar-refractivity contribution is 5.82. The van der Waals surface area contributed by atoms with Gasteiger partial charge in [-0.1, -0.05) is 0 Å². The Hall–Kier alpha value is -2.50. The van der Waals surface area contributed by atoms with Crippen LogP contribution in [0.1, 0.15) is 5.56 Å². The number of imidazole rings is 1. The summed E-state index contributed by atoms with van der Waals surface area (Å²) in [7, 11) is 3.20. The lowest BCUT2D eigenvalue weighted by Crippen LogP contribution is -1.99. The number of aromatic nitrogens is 3. The van der Waals surface area contributed by atoms with Crippen LogP contribution in [0.5, 0.6) is 5.75 Å². The molecule has 6 heteroatoms. The van der Waals surface area contributed by atoms with Gasteiger partial charge < -0.3 is 9.30 Å². The summed E-state index contributed by atoms with van der Waals surface area (Å²) in [5, 5.41) is 0. The zero-order valence-electron chi connectivity index (χ0n) is 11.8. The van der Waals surface area contributed by atoms with Gasteiger partial charge in [0.2, 0.25) is 0 Å². The summed E-state index contributed by atoms with van der Waals surface area (Å²) < 4.78 is 34.1. The van der Waals surface area contributed by atoms with Crippen LogP contribution in [-0.2, 0) is 7.05 Å². The molecule has 0 saturated heterocycles. The SMILES string of the molecule is COc1cncc(-c2nc3ccc(F)c(F)c3n2C)c1C. The monoisotopic (exact) mass is 289 g/mol. The van der Waals surface area contributed by atoms with Crippen molar-refractivity contribution in [1.82, 2.24) is 14.5 Å². The van der Waals surface area contributed by atoms with Gasteiger partial charge in [0.25, 0.3) is 0 Å². The summed E-state index contributed by atoms with van der Waals surface area (Å²) in [4.78, 5) is 8.48. The minimum absolute atomic E-state index is 0.132. The smallest absolute Gasteiger partial charge is 0.184 e. The first kappa shape index (κ1) is 13.5. The topological polar surface area (TPSA) is 39.9 Å². The van der Waals surface area contributed by atoms with Crippen LogP contribution < -0.4 is 4.74 Å². The van der Waals surface area contributed by atoms with Crippen molar-refractivity contribution in [2.24, 2.45) is 7.05 Å². The zero-order chi connectivity index (χ0) is 15.1. The molecule has 2 heterocycles. The quantitative estimate of drug-likeness (QED) is 0.727. The molecule has 1 aromatic carbocycles. The van der Waals surface area contributed by atoms with Crippen LogP contribution in [0.2, 0.25) is 0 Å². The van der Waals surface area contributed by atoms with Crippen molar-refractivity contribution in [2.75, 3.05) is 7.11 Å². The summed E-state index contributed by atoms with van der Waals surface area (Å²) in [6.07, 6.45) is 3.23. The van der Waals surface area contributed by atoms with Gasteiger partial charge >= 0.3 is 0 Å². The molecule has 0 aliphatic carbocycles. The standard InChI is InChI=1S/C15H13F2N3O/c1-8-9(6-18-7-12(8)21-3)15-19-11-5-4-10(16)13(17)14(11)20(15)2/h4-7H,1-3H3. The number of methoxy groups -OCH3 is 1. The van der Waals surface area contributed by atoms with Gasteiger partial charge in [0.05, 0.1) is 18.8 Å². The van der Waals surface area contributed by atoms with E-state index in [0.717, 1.165) is 11.6 Å². The molecule has 0 aliphatic heterocycles. The molecular weight excluding hydrogens is 276 g/mol. The van der Waals surface area contributed by atoms with E-state index in [1.165, 1.54) is 10.6 Å². The minimum Gasteiger partial charge on any atom is -0.495 e. The van der Waals surface area contributed by atoms with E-state index in [-0.39, 0.29) is 5.52 Å². The Bertz CT molecular complexity index is 843. The predicted octanol–water partition coefficient (Wildman–Crippen LogP) is 3.23. The van der Waals surface area contributed by atoms with Crippen molar-refractivity contribution in [3.63, 3.8) is 0 Å². The molecule has 3 aromatic rings. The number of hydrogen-bond donors (Lipinski definition) is 0. The molecule has 0 unspecified atom stereocenters. The van der Waals surface area contributed by atoms with Gasteiger partial charge in [-0.25, -0.2) is 13.8 Å². The first-order chi connectivity index (χ1) is 10.0. The van der Waals surface area contributed by atoms with E-state index in [4.69, 9.17) is 4.74 Å². The predicted molar refractivity (Wildman–Crippen MR) is 75.2 cm³/mol.